The highest BCUT2D eigenvalue weighted by molar-refractivity contribution is 7.84. The lowest BCUT2D eigenvalue weighted by atomic mass is 10.2. The largest absolute Gasteiger partial charge is 0.381 e. The van der Waals surface area contributed by atoms with Gasteiger partial charge in [0.1, 0.15) is 0 Å². The van der Waals surface area contributed by atoms with Crippen molar-refractivity contribution < 1.29 is 8.95 Å². The molecule has 1 aliphatic heterocycles. The van der Waals surface area contributed by atoms with E-state index >= 15 is 0 Å². The van der Waals surface area contributed by atoms with Crippen molar-refractivity contribution in [2.24, 2.45) is 0 Å². The summed E-state index contributed by atoms with van der Waals surface area (Å²) in [4.78, 5) is 0. The third-order valence-corrected chi connectivity index (χ3v) is 5.18. The van der Waals surface area contributed by atoms with Crippen LogP contribution in [0, 0.1) is 11.3 Å². The van der Waals surface area contributed by atoms with Crippen molar-refractivity contribution in [1.29, 1.82) is 5.26 Å². The Labute approximate surface area is 114 Å². The number of hydrogen-bond acceptors (Lipinski definition) is 3. The van der Waals surface area contributed by atoms with Crippen LogP contribution in [-0.4, -0.2) is 22.7 Å². The Morgan fingerprint density at radius 3 is 2.78 bits per heavy atom. The summed E-state index contributed by atoms with van der Waals surface area (Å²) >= 11 is 6.08. The highest BCUT2D eigenvalue weighted by Gasteiger charge is 2.21. The van der Waals surface area contributed by atoms with E-state index in [-0.39, 0.29) is 5.25 Å². The van der Waals surface area contributed by atoms with Crippen molar-refractivity contribution >= 4 is 22.4 Å². The molecule has 0 radical (unpaired) electrons. The van der Waals surface area contributed by atoms with Crippen LogP contribution < -0.4 is 0 Å². The SMILES string of the molecule is N#Cc1ccc(CS(=O)C2CCOCC2)c(Cl)c1. The van der Waals surface area contributed by atoms with E-state index in [0.29, 0.717) is 29.6 Å². The predicted octanol–water partition coefficient (Wildman–Crippen LogP) is 2.64. The third kappa shape index (κ3) is 3.32. The second-order valence-corrected chi connectivity index (χ2v) is 6.38. The molecule has 0 bridgehead atoms. The number of ether oxygens (including phenoxy) is 1. The van der Waals surface area contributed by atoms with E-state index in [0.717, 1.165) is 18.4 Å². The topological polar surface area (TPSA) is 50.1 Å². The molecule has 2 rings (SSSR count). The Morgan fingerprint density at radius 2 is 2.17 bits per heavy atom. The summed E-state index contributed by atoms with van der Waals surface area (Å²) in [5.74, 6) is 0.454. The van der Waals surface area contributed by atoms with E-state index in [1.807, 2.05) is 6.07 Å². The van der Waals surface area contributed by atoms with Gasteiger partial charge in [-0.15, -0.1) is 0 Å². The van der Waals surface area contributed by atoms with Crippen LogP contribution in [0.15, 0.2) is 18.2 Å². The van der Waals surface area contributed by atoms with Crippen LogP contribution in [0.25, 0.3) is 0 Å². The summed E-state index contributed by atoms with van der Waals surface area (Å²) in [6, 6.07) is 7.16. The van der Waals surface area contributed by atoms with Crippen LogP contribution >= 0.6 is 11.6 Å². The van der Waals surface area contributed by atoms with Gasteiger partial charge >= 0.3 is 0 Å². The fourth-order valence-corrected chi connectivity index (χ4v) is 3.78. The lowest BCUT2D eigenvalue weighted by Crippen LogP contribution is -2.25. The highest BCUT2D eigenvalue weighted by Crippen LogP contribution is 2.22. The summed E-state index contributed by atoms with van der Waals surface area (Å²) in [5, 5.41) is 9.48. The van der Waals surface area contributed by atoms with Crippen molar-refractivity contribution in [2.45, 2.75) is 23.8 Å². The fourth-order valence-electron chi connectivity index (χ4n) is 1.94. The summed E-state index contributed by atoms with van der Waals surface area (Å²) in [7, 11) is -0.924. The first-order valence-electron chi connectivity index (χ1n) is 5.84. The van der Waals surface area contributed by atoms with E-state index in [9.17, 15) is 4.21 Å². The molecule has 1 heterocycles. The van der Waals surface area contributed by atoms with E-state index in [1.165, 1.54) is 0 Å². The molecule has 0 saturated carbocycles. The number of rotatable bonds is 3. The Balaban J connectivity index is 2.04. The summed E-state index contributed by atoms with van der Waals surface area (Å²) in [6.45, 7) is 1.38. The lowest BCUT2D eigenvalue weighted by molar-refractivity contribution is 0.0992. The van der Waals surface area contributed by atoms with Crippen LogP contribution in [0.3, 0.4) is 0 Å². The van der Waals surface area contributed by atoms with E-state index in [4.69, 9.17) is 21.6 Å². The van der Waals surface area contributed by atoms with Crippen molar-refractivity contribution in [3.8, 4) is 6.07 Å². The first-order chi connectivity index (χ1) is 8.70. The van der Waals surface area contributed by atoms with Gasteiger partial charge < -0.3 is 4.74 Å². The minimum atomic E-state index is -0.924. The molecule has 1 aliphatic rings. The zero-order valence-corrected chi connectivity index (χ0v) is 11.5. The molecule has 0 aliphatic carbocycles. The monoisotopic (exact) mass is 283 g/mol. The Morgan fingerprint density at radius 1 is 1.44 bits per heavy atom. The molecule has 1 unspecified atom stereocenters. The third-order valence-electron chi connectivity index (χ3n) is 3.02. The van der Waals surface area contributed by atoms with Crippen molar-refractivity contribution in [1.82, 2.24) is 0 Å². The van der Waals surface area contributed by atoms with Crippen LogP contribution in [0.2, 0.25) is 5.02 Å². The molecule has 0 aromatic heterocycles. The van der Waals surface area contributed by atoms with Gasteiger partial charge in [-0.3, -0.25) is 4.21 Å². The summed E-state index contributed by atoms with van der Waals surface area (Å²) in [5.41, 5.74) is 1.38. The average molecular weight is 284 g/mol. The molecule has 1 fully saturated rings. The molecule has 0 amide bonds. The van der Waals surface area contributed by atoms with Gasteiger partial charge in [-0.05, 0) is 30.5 Å². The fraction of sp³-hybridized carbons (Fsp3) is 0.462. The van der Waals surface area contributed by atoms with Gasteiger partial charge in [0.15, 0.2) is 0 Å². The van der Waals surface area contributed by atoms with Crippen LogP contribution in [-0.2, 0) is 21.3 Å². The molecular weight excluding hydrogens is 270 g/mol. The Hall–Kier alpha value is -0.890. The molecule has 3 nitrogen and oxygen atoms in total. The van der Waals surface area contributed by atoms with E-state index in [2.05, 4.69) is 0 Å². The standard InChI is InChI=1S/C13H14ClNO2S/c14-13-7-10(8-15)1-2-11(13)9-18(16)12-3-5-17-6-4-12/h1-2,7,12H,3-6,9H2. The van der Waals surface area contributed by atoms with Crippen LogP contribution in [0.4, 0.5) is 0 Å². The average Bonchev–Trinajstić information content (AvgIpc) is 2.42. The minimum absolute atomic E-state index is 0.200. The highest BCUT2D eigenvalue weighted by atomic mass is 35.5. The number of hydrogen-bond donors (Lipinski definition) is 0. The van der Waals surface area contributed by atoms with Crippen molar-refractivity contribution in [3.63, 3.8) is 0 Å². The van der Waals surface area contributed by atoms with Gasteiger partial charge in [0.25, 0.3) is 0 Å². The maximum Gasteiger partial charge on any atom is 0.0992 e. The minimum Gasteiger partial charge on any atom is -0.381 e. The second kappa shape index (κ2) is 6.33. The zero-order chi connectivity index (χ0) is 13.0. The molecule has 0 spiro atoms. The van der Waals surface area contributed by atoms with Crippen molar-refractivity contribution in [2.75, 3.05) is 13.2 Å². The van der Waals surface area contributed by atoms with Gasteiger partial charge in [-0.25, -0.2) is 0 Å². The molecule has 1 atom stereocenters. The number of nitriles is 1. The van der Waals surface area contributed by atoms with E-state index in [1.54, 1.807) is 18.2 Å². The van der Waals surface area contributed by atoms with Gasteiger partial charge in [0.05, 0.1) is 17.4 Å². The molecule has 0 N–H and O–H groups in total. The predicted molar refractivity (Wildman–Crippen MR) is 71.9 cm³/mol. The Kier molecular flexibility index (Phi) is 4.76. The molecule has 18 heavy (non-hydrogen) atoms. The van der Waals surface area contributed by atoms with Gasteiger partial charge in [-0.1, -0.05) is 17.7 Å². The zero-order valence-electron chi connectivity index (χ0n) is 9.89. The molecule has 5 heteroatoms. The number of halogens is 1. The molecule has 1 saturated heterocycles. The molecular formula is C13H14ClNO2S. The second-order valence-electron chi connectivity index (χ2n) is 4.25. The molecule has 1 aromatic carbocycles. The maximum atomic E-state index is 12.2. The Bertz CT molecular complexity index is 492. The van der Waals surface area contributed by atoms with Crippen molar-refractivity contribution in [3.05, 3.63) is 34.3 Å². The summed E-state index contributed by atoms with van der Waals surface area (Å²) in [6.07, 6.45) is 1.70. The number of benzene rings is 1. The van der Waals surface area contributed by atoms with Gasteiger partial charge in [-0.2, -0.15) is 5.26 Å². The van der Waals surface area contributed by atoms with Crippen LogP contribution in [0.1, 0.15) is 24.0 Å². The van der Waals surface area contributed by atoms with E-state index < -0.39 is 10.8 Å². The smallest absolute Gasteiger partial charge is 0.0992 e. The summed E-state index contributed by atoms with van der Waals surface area (Å²) < 4.78 is 17.5. The van der Waals surface area contributed by atoms with Gasteiger partial charge in [0, 0.05) is 34.3 Å². The lowest BCUT2D eigenvalue weighted by Gasteiger charge is -2.21. The van der Waals surface area contributed by atoms with Crippen LogP contribution in [0.5, 0.6) is 0 Å². The first-order valence-corrected chi connectivity index (χ1v) is 7.60. The van der Waals surface area contributed by atoms with Gasteiger partial charge in [0.2, 0.25) is 0 Å². The normalized spacial score (nSPS) is 18.2. The maximum absolute atomic E-state index is 12.2. The molecule has 96 valence electrons. The quantitative estimate of drug-likeness (QED) is 0.857. The first kappa shape index (κ1) is 13.5. The number of nitrogens with zero attached hydrogens (tertiary/aromatic N) is 1. The molecule has 1 aromatic rings.